The lowest BCUT2D eigenvalue weighted by Crippen LogP contribution is -2.43. The number of carbonyl (C=O) groups excluding carboxylic acids is 1. The van der Waals surface area contributed by atoms with Gasteiger partial charge in [-0.05, 0) is 37.5 Å². The highest BCUT2D eigenvalue weighted by atomic mass is 35.5. The summed E-state index contributed by atoms with van der Waals surface area (Å²) in [4.78, 5) is 16.1. The summed E-state index contributed by atoms with van der Waals surface area (Å²) in [7, 11) is 0. The molecule has 0 saturated carbocycles. The molecular weight excluding hydrogens is 330 g/mol. The van der Waals surface area contributed by atoms with Crippen LogP contribution in [0.15, 0.2) is 30.6 Å². The molecule has 0 bridgehead atoms. The highest BCUT2D eigenvalue weighted by Crippen LogP contribution is 2.15. The highest BCUT2D eigenvalue weighted by molar-refractivity contribution is 6.30. The molecule has 2 aromatic rings. The number of aromatic nitrogens is 3. The predicted molar refractivity (Wildman–Crippen MR) is 91.2 cm³/mol. The molecular formula is C16H20ClN5O2. The van der Waals surface area contributed by atoms with Crippen molar-refractivity contribution < 1.29 is 9.53 Å². The summed E-state index contributed by atoms with van der Waals surface area (Å²) in [5.41, 5.74) is 1.05. The zero-order valence-electron chi connectivity index (χ0n) is 13.4. The average Bonchev–Trinajstić information content (AvgIpc) is 3.21. The number of carbonyl (C=O) groups is 1. The van der Waals surface area contributed by atoms with E-state index in [1.807, 2.05) is 31.2 Å². The van der Waals surface area contributed by atoms with E-state index in [-0.39, 0.29) is 24.1 Å². The first-order valence-electron chi connectivity index (χ1n) is 7.93. The van der Waals surface area contributed by atoms with Crippen LogP contribution in [-0.2, 0) is 11.3 Å². The molecule has 0 spiro atoms. The third-order valence-electron chi connectivity index (χ3n) is 3.90. The van der Waals surface area contributed by atoms with Crippen LogP contribution < -0.4 is 10.6 Å². The monoisotopic (exact) mass is 349 g/mol. The van der Waals surface area contributed by atoms with Crippen molar-refractivity contribution in [1.29, 1.82) is 0 Å². The minimum Gasteiger partial charge on any atom is -0.376 e. The van der Waals surface area contributed by atoms with Crippen molar-refractivity contribution in [2.75, 3.05) is 11.9 Å². The largest absolute Gasteiger partial charge is 0.376 e. The van der Waals surface area contributed by atoms with Crippen LogP contribution in [0.3, 0.4) is 0 Å². The second-order valence-corrected chi connectivity index (χ2v) is 6.27. The van der Waals surface area contributed by atoms with Gasteiger partial charge in [-0.3, -0.25) is 5.32 Å². The lowest BCUT2D eigenvalue weighted by molar-refractivity contribution is 0.0868. The van der Waals surface area contributed by atoms with Crippen LogP contribution in [-0.4, -0.2) is 39.5 Å². The number of anilines is 1. The zero-order chi connectivity index (χ0) is 16.9. The number of benzene rings is 1. The number of rotatable bonds is 5. The molecule has 7 nitrogen and oxygen atoms in total. The first kappa shape index (κ1) is 16.7. The first-order valence-corrected chi connectivity index (χ1v) is 8.31. The van der Waals surface area contributed by atoms with Crippen molar-refractivity contribution in [3.63, 3.8) is 0 Å². The Balaban J connectivity index is 1.51. The molecule has 1 aromatic heterocycles. The topological polar surface area (TPSA) is 81.1 Å². The molecule has 3 rings (SSSR count). The van der Waals surface area contributed by atoms with Gasteiger partial charge in [0.05, 0.1) is 18.7 Å². The standard InChI is InChI=1S/C16H20ClN5O2/c1-11(14-3-2-8-24-14)19-16(23)20-15-18-10-22(21-15)9-12-4-6-13(17)7-5-12/h4-7,10-11,14H,2-3,8-9H2,1H3,(H2,19,20,21,23)/t11-,14-/m0/s1. The van der Waals surface area contributed by atoms with E-state index < -0.39 is 0 Å². The smallest absolute Gasteiger partial charge is 0.321 e. The van der Waals surface area contributed by atoms with Gasteiger partial charge in [-0.1, -0.05) is 23.7 Å². The molecule has 1 aromatic carbocycles. The van der Waals surface area contributed by atoms with Gasteiger partial charge in [-0.2, -0.15) is 0 Å². The fraction of sp³-hybridized carbons (Fsp3) is 0.438. The van der Waals surface area contributed by atoms with Gasteiger partial charge in [0, 0.05) is 11.6 Å². The Kier molecular flexibility index (Phi) is 5.32. The summed E-state index contributed by atoms with van der Waals surface area (Å²) >= 11 is 5.87. The minimum absolute atomic E-state index is 0.0522. The van der Waals surface area contributed by atoms with E-state index in [0.717, 1.165) is 25.0 Å². The minimum atomic E-state index is -0.331. The van der Waals surface area contributed by atoms with Crippen LogP contribution in [0.25, 0.3) is 0 Å². The molecule has 1 aliphatic rings. The van der Waals surface area contributed by atoms with E-state index in [1.54, 1.807) is 11.0 Å². The van der Waals surface area contributed by atoms with Crippen molar-refractivity contribution in [1.82, 2.24) is 20.1 Å². The summed E-state index contributed by atoms with van der Waals surface area (Å²) in [6.45, 7) is 3.25. The van der Waals surface area contributed by atoms with Gasteiger partial charge in [0.2, 0.25) is 5.95 Å². The molecule has 128 valence electrons. The summed E-state index contributed by atoms with van der Waals surface area (Å²) in [5.74, 6) is 0.265. The van der Waals surface area contributed by atoms with Crippen LogP contribution >= 0.6 is 11.6 Å². The van der Waals surface area contributed by atoms with Gasteiger partial charge in [0.25, 0.3) is 0 Å². The Hall–Kier alpha value is -2.12. The SMILES string of the molecule is C[C@H](NC(=O)Nc1ncn(Cc2ccc(Cl)cc2)n1)[C@@H]1CCCO1. The number of halogens is 1. The number of hydrogen-bond donors (Lipinski definition) is 2. The number of amides is 2. The summed E-state index contributed by atoms with van der Waals surface area (Å²) in [5, 5.41) is 10.4. The fourth-order valence-corrected chi connectivity index (χ4v) is 2.77. The van der Waals surface area contributed by atoms with Crippen LogP contribution in [0.2, 0.25) is 5.02 Å². The predicted octanol–water partition coefficient (Wildman–Crippen LogP) is 2.67. The maximum absolute atomic E-state index is 12.0. The first-order chi connectivity index (χ1) is 11.6. The number of nitrogens with zero attached hydrogens (tertiary/aromatic N) is 3. The zero-order valence-corrected chi connectivity index (χ0v) is 14.2. The summed E-state index contributed by atoms with van der Waals surface area (Å²) in [6, 6.07) is 7.12. The number of urea groups is 1. The van der Waals surface area contributed by atoms with Crippen molar-refractivity contribution in [2.24, 2.45) is 0 Å². The Morgan fingerprint density at radius 3 is 2.96 bits per heavy atom. The quantitative estimate of drug-likeness (QED) is 0.869. The van der Waals surface area contributed by atoms with Crippen LogP contribution in [0.5, 0.6) is 0 Å². The highest BCUT2D eigenvalue weighted by Gasteiger charge is 2.23. The van der Waals surface area contributed by atoms with Crippen LogP contribution in [0, 0.1) is 0 Å². The number of hydrogen-bond acceptors (Lipinski definition) is 4. The van der Waals surface area contributed by atoms with Crippen molar-refractivity contribution in [2.45, 2.75) is 38.5 Å². The molecule has 24 heavy (non-hydrogen) atoms. The fourth-order valence-electron chi connectivity index (χ4n) is 2.64. The molecule has 0 aliphatic carbocycles. The number of nitrogens with one attached hydrogen (secondary N) is 2. The van der Waals surface area contributed by atoms with E-state index in [9.17, 15) is 4.79 Å². The second kappa shape index (κ2) is 7.63. The van der Waals surface area contributed by atoms with E-state index in [4.69, 9.17) is 16.3 Å². The molecule has 2 atom stereocenters. The average molecular weight is 350 g/mol. The molecule has 1 aliphatic heterocycles. The Bertz CT molecular complexity index is 682. The van der Waals surface area contributed by atoms with Gasteiger partial charge >= 0.3 is 6.03 Å². The molecule has 0 unspecified atom stereocenters. The van der Waals surface area contributed by atoms with E-state index >= 15 is 0 Å². The van der Waals surface area contributed by atoms with Gasteiger partial charge in [0.15, 0.2) is 0 Å². The molecule has 8 heteroatoms. The van der Waals surface area contributed by atoms with Crippen LogP contribution in [0.1, 0.15) is 25.3 Å². The van der Waals surface area contributed by atoms with Crippen LogP contribution in [0.4, 0.5) is 10.7 Å². The summed E-state index contributed by atoms with van der Waals surface area (Å²) in [6.07, 6.45) is 3.66. The molecule has 1 saturated heterocycles. The van der Waals surface area contributed by atoms with E-state index in [2.05, 4.69) is 20.7 Å². The summed E-state index contributed by atoms with van der Waals surface area (Å²) < 4.78 is 7.21. The Morgan fingerprint density at radius 2 is 2.25 bits per heavy atom. The third-order valence-corrected chi connectivity index (χ3v) is 4.15. The van der Waals surface area contributed by atoms with Gasteiger partial charge in [-0.25, -0.2) is 14.5 Å². The maximum atomic E-state index is 12.0. The molecule has 2 amide bonds. The molecule has 0 radical (unpaired) electrons. The molecule has 1 fully saturated rings. The lowest BCUT2D eigenvalue weighted by atomic mass is 10.1. The maximum Gasteiger partial charge on any atom is 0.321 e. The number of ether oxygens (including phenoxy) is 1. The lowest BCUT2D eigenvalue weighted by Gasteiger charge is -2.19. The third kappa shape index (κ3) is 4.46. The normalized spacial score (nSPS) is 18.3. The molecule has 2 N–H and O–H groups in total. The van der Waals surface area contributed by atoms with Gasteiger partial charge in [-0.15, -0.1) is 5.10 Å². The van der Waals surface area contributed by atoms with Gasteiger partial charge < -0.3 is 10.1 Å². The second-order valence-electron chi connectivity index (χ2n) is 5.83. The molecule has 2 heterocycles. The van der Waals surface area contributed by atoms with Crippen molar-refractivity contribution in [3.8, 4) is 0 Å². The van der Waals surface area contributed by atoms with Gasteiger partial charge in [0.1, 0.15) is 6.33 Å². The van der Waals surface area contributed by atoms with Crippen molar-refractivity contribution >= 4 is 23.6 Å². The Labute approximate surface area is 145 Å². The Morgan fingerprint density at radius 1 is 1.46 bits per heavy atom. The van der Waals surface area contributed by atoms with E-state index in [1.165, 1.54) is 0 Å². The van der Waals surface area contributed by atoms with E-state index in [0.29, 0.717) is 11.6 Å². The van der Waals surface area contributed by atoms with Crippen molar-refractivity contribution in [3.05, 3.63) is 41.2 Å².